The van der Waals surface area contributed by atoms with E-state index in [1.54, 1.807) is 24.3 Å². The number of hydrogen-bond donors (Lipinski definition) is 1. The van der Waals surface area contributed by atoms with E-state index in [1.165, 1.54) is 30.7 Å². The lowest BCUT2D eigenvalue weighted by Gasteiger charge is -2.12. The Morgan fingerprint density at radius 2 is 1.92 bits per heavy atom. The maximum absolute atomic E-state index is 13.1. The fraction of sp³-hybridized carbons (Fsp3) is 0.200. The van der Waals surface area contributed by atoms with Gasteiger partial charge in [-0.05, 0) is 54.8 Å². The molecule has 2 aromatic rings. The second kappa shape index (κ2) is 8.78. The molecule has 0 saturated heterocycles. The lowest BCUT2D eigenvalue weighted by molar-refractivity contribution is -0.148. The van der Waals surface area contributed by atoms with Crippen LogP contribution < -0.4 is 5.32 Å². The Morgan fingerprint density at radius 3 is 2.56 bits per heavy atom. The number of hydrogen-bond acceptors (Lipinski definition) is 3. The third-order valence-electron chi connectivity index (χ3n) is 3.55. The highest BCUT2D eigenvalue weighted by Crippen LogP contribution is 2.11. The Morgan fingerprint density at radius 1 is 1.20 bits per heavy atom. The molecule has 1 amide bonds. The average Bonchev–Trinajstić information content (AvgIpc) is 2.60. The summed E-state index contributed by atoms with van der Waals surface area (Å²) in [5.41, 5.74) is 2.34. The van der Waals surface area contributed by atoms with E-state index >= 15 is 0 Å². The molecule has 1 N–H and O–H groups in total. The van der Waals surface area contributed by atoms with Crippen molar-refractivity contribution < 1.29 is 18.7 Å². The van der Waals surface area contributed by atoms with E-state index in [0.29, 0.717) is 11.3 Å². The summed E-state index contributed by atoms with van der Waals surface area (Å²) in [6, 6.07) is 13.3. The molecule has 4 nitrogen and oxygen atoms in total. The van der Waals surface area contributed by atoms with Crippen LogP contribution in [0.1, 0.15) is 25.0 Å². The summed E-state index contributed by atoms with van der Waals surface area (Å²) in [6.45, 7) is 3.54. The monoisotopic (exact) mass is 341 g/mol. The van der Waals surface area contributed by atoms with Crippen LogP contribution in [0.3, 0.4) is 0 Å². The number of carbonyl (C=O) groups excluding carboxylic acids is 2. The summed E-state index contributed by atoms with van der Waals surface area (Å²) >= 11 is 0. The van der Waals surface area contributed by atoms with E-state index in [0.717, 1.165) is 12.5 Å². The van der Waals surface area contributed by atoms with E-state index in [9.17, 15) is 14.0 Å². The van der Waals surface area contributed by atoms with Gasteiger partial charge in [0.05, 0.1) is 0 Å². The van der Waals surface area contributed by atoms with Gasteiger partial charge in [0.2, 0.25) is 0 Å². The first-order valence-corrected chi connectivity index (χ1v) is 8.02. The van der Waals surface area contributed by atoms with Gasteiger partial charge in [-0.3, -0.25) is 4.79 Å². The third kappa shape index (κ3) is 5.88. The number of carbonyl (C=O) groups is 2. The first kappa shape index (κ1) is 18.4. The Labute approximate surface area is 146 Å². The van der Waals surface area contributed by atoms with Crippen molar-refractivity contribution >= 4 is 23.6 Å². The maximum atomic E-state index is 13.1. The van der Waals surface area contributed by atoms with Crippen LogP contribution in [0.15, 0.2) is 54.6 Å². The van der Waals surface area contributed by atoms with Crippen molar-refractivity contribution in [2.24, 2.45) is 0 Å². The molecular formula is C20H20FNO3. The van der Waals surface area contributed by atoms with Crippen LogP contribution in [-0.4, -0.2) is 18.0 Å². The Kier molecular flexibility index (Phi) is 6.46. The van der Waals surface area contributed by atoms with Crippen molar-refractivity contribution in [3.05, 3.63) is 71.6 Å². The van der Waals surface area contributed by atoms with E-state index in [1.807, 2.05) is 19.1 Å². The van der Waals surface area contributed by atoms with Crippen molar-refractivity contribution in [1.82, 2.24) is 0 Å². The standard InChI is InChI=1S/C20H20FNO3/c1-3-15-7-10-18(11-8-15)22-20(24)14(2)25-19(23)12-9-16-5-4-6-17(21)13-16/h4-14H,3H2,1-2H3,(H,22,24)/b12-9+/t14-/m1/s1. The van der Waals surface area contributed by atoms with Crippen LogP contribution >= 0.6 is 0 Å². The van der Waals surface area contributed by atoms with Gasteiger partial charge in [0.15, 0.2) is 6.10 Å². The minimum Gasteiger partial charge on any atom is -0.449 e. The summed E-state index contributed by atoms with van der Waals surface area (Å²) in [5, 5.41) is 2.69. The van der Waals surface area contributed by atoms with E-state index < -0.39 is 23.8 Å². The van der Waals surface area contributed by atoms with E-state index in [2.05, 4.69) is 5.32 Å². The summed E-state index contributed by atoms with van der Waals surface area (Å²) in [4.78, 5) is 23.8. The van der Waals surface area contributed by atoms with Gasteiger partial charge < -0.3 is 10.1 Å². The largest absolute Gasteiger partial charge is 0.449 e. The quantitative estimate of drug-likeness (QED) is 0.639. The van der Waals surface area contributed by atoms with E-state index in [-0.39, 0.29) is 0 Å². The zero-order valence-corrected chi connectivity index (χ0v) is 14.2. The maximum Gasteiger partial charge on any atom is 0.331 e. The van der Waals surface area contributed by atoms with Crippen molar-refractivity contribution in [2.45, 2.75) is 26.4 Å². The number of nitrogens with one attached hydrogen (secondary N) is 1. The number of benzene rings is 2. The molecule has 0 heterocycles. The molecule has 2 rings (SSSR count). The molecule has 0 fully saturated rings. The number of rotatable bonds is 6. The molecule has 0 bridgehead atoms. The predicted octanol–water partition coefficient (Wildman–Crippen LogP) is 3.97. The highest BCUT2D eigenvalue weighted by atomic mass is 19.1. The van der Waals surface area contributed by atoms with Crippen LogP contribution in [0, 0.1) is 5.82 Å². The van der Waals surface area contributed by atoms with Gasteiger partial charge >= 0.3 is 5.97 Å². The smallest absolute Gasteiger partial charge is 0.331 e. The number of aryl methyl sites for hydroxylation is 1. The van der Waals surface area contributed by atoms with Crippen LogP contribution in [0.4, 0.5) is 10.1 Å². The van der Waals surface area contributed by atoms with Crippen LogP contribution in [0.5, 0.6) is 0 Å². The summed E-state index contributed by atoms with van der Waals surface area (Å²) < 4.78 is 18.1. The molecule has 0 aliphatic carbocycles. The molecule has 0 aliphatic rings. The molecule has 1 atom stereocenters. The normalized spacial score (nSPS) is 12.0. The Bertz CT molecular complexity index is 769. The topological polar surface area (TPSA) is 55.4 Å². The zero-order valence-electron chi connectivity index (χ0n) is 14.2. The number of halogens is 1. The second-order valence-corrected chi connectivity index (χ2v) is 5.51. The van der Waals surface area contributed by atoms with Crippen LogP contribution in [-0.2, 0) is 20.7 Å². The van der Waals surface area contributed by atoms with Gasteiger partial charge in [-0.2, -0.15) is 0 Å². The summed E-state index contributed by atoms with van der Waals surface area (Å²) in [7, 11) is 0. The molecule has 5 heteroatoms. The fourth-order valence-electron chi connectivity index (χ4n) is 2.11. The molecule has 25 heavy (non-hydrogen) atoms. The zero-order chi connectivity index (χ0) is 18.2. The van der Waals surface area contributed by atoms with Crippen molar-refractivity contribution in [2.75, 3.05) is 5.32 Å². The molecular weight excluding hydrogens is 321 g/mol. The SMILES string of the molecule is CCc1ccc(NC(=O)[C@@H](C)OC(=O)/C=C/c2cccc(F)c2)cc1. The summed E-state index contributed by atoms with van der Waals surface area (Å²) in [5.74, 6) is -1.48. The van der Waals surface area contributed by atoms with Gasteiger partial charge in [0.1, 0.15) is 5.82 Å². The molecule has 0 aromatic heterocycles. The minimum atomic E-state index is -0.949. The first-order chi connectivity index (χ1) is 12.0. The first-order valence-electron chi connectivity index (χ1n) is 8.02. The van der Waals surface area contributed by atoms with Crippen LogP contribution in [0.2, 0.25) is 0 Å². The van der Waals surface area contributed by atoms with Crippen molar-refractivity contribution in [3.63, 3.8) is 0 Å². The lowest BCUT2D eigenvalue weighted by Crippen LogP contribution is -2.29. The molecule has 0 radical (unpaired) electrons. The van der Waals surface area contributed by atoms with Crippen LogP contribution in [0.25, 0.3) is 6.08 Å². The Hall–Kier alpha value is -2.95. The third-order valence-corrected chi connectivity index (χ3v) is 3.55. The number of ether oxygens (including phenoxy) is 1. The number of anilines is 1. The second-order valence-electron chi connectivity index (χ2n) is 5.51. The fourth-order valence-corrected chi connectivity index (χ4v) is 2.11. The average molecular weight is 341 g/mol. The van der Waals surface area contributed by atoms with Gasteiger partial charge in [0, 0.05) is 11.8 Å². The molecule has 0 unspecified atom stereocenters. The summed E-state index contributed by atoms with van der Waals surface area (Å²) in [6.07, 6.45) is 2.56. The lowest BCUT2D eigenvalue weighted by atomic mass is 10.1. The van der Waals surface area contributed by atoms with E-state index in [4.69, 9.17) is 4.74 Å². The molecule has 0 saturated carbocycles. The number of esters is 1. The molecule has 130 valence electrons. The molecule has 0 spiro atoms. The van der Waals surface area contributed by atoms with Gasteiger partial charge in [-0.1, -0.05) is 31.2 Å². The minimum absolute atomic E-state index is 0.391. The van der Waals surface area contributed by atoms with Crippen molar-refractivity contribution in [3.8, 4) is 0 Å². The molecule has 0 aliphatic heterocycles. The predicted molar refractivity (Wildman–Crippen MR) is 95.4 cm³/mol. The highest BCUT2D eigenvalue weighted by Gasteiger charge is 2.16. The highest BCUT2D eigenvalue weighted by molar-refractivity contribution is 5.96. The number of amides is 1. The van der Waals surface area contributed by atoms with Gasteiger partial charge in [-0.15, -0.1) is 0 Å². The van der Waals surface area contributed by atoms with Crippen molar-refractivity contribution in [1.29, 1.82) is 0 Å². The Balaban J connectivity index is 1.87. The van der Waals surface area contributed by atoms with Gasteiger partial charge in [-0.25, -0.2) is 9.18 Å². The van der Waals surface area contributed by atoms with Gasteiger partial charge in [0.25, 0.3) is 5.91 Å². The molecule has 2 aromatic carbocycles.